The van der Waals surface area contributed by atoms with Gasteiger partial charge in [0, 0.05) is 16.7 Å². The summed E-state index contributed by atoms with van der Waals surface area (Å²) in [5, 5.41) is 11.5. The highest BCUT2D eigenvalue weighted by Gasteiger charge is 2.59. The van der Waals surface area contributed by atoms with E-state index in [2.05, 4.69) is 0 Å². The number of hydrogen-bond acceptors (Lipinski definition) is 9. The highest BCUT2D eigenvalue weighted by atomic mass is 16.7. The first kappa shape index (κ1) is 27.5. The van der Waals surface area contributed by atoms with E-state index in [4.69, 9.17) is 23.7 Å². The Morgan fingerprint density at radius 3 is 2.42 bits per heavy atom. The number of methoxy groups -OCH3 is 2. The van der Waals surface area contributed by atoms with Crippen molar-refractivity contribution in [2.75, 3.05) is 34.7 Å². The molecule has 0 aromatic heterocycles. The summed E-state index contributed by atoms with van der Waals surface area (Å²) in [7, 11) is 4.87. The van der Waals surface area contributed by atoms with Crippen molar-refractivity contribution in [3.8, 4) is 28.7 Å². The van der Waals surface area contributed by atoms with Crippen LogP contribution in [0.1, 0.15) is 55.8 Å². The molecule has 4 heterocycles. The summed E-state index contributed by atoms with van der Waals surface area (Å²) in [4.78, 5) is 32.9. The van der Waals surface area contributed by atoms with Gasteiger partial charge in [0.05, 0.1) is 51.1 Å². The van der Waals surface area contributed by atoms with Crippen molar-refractivity contribution >= 4 is 11.7 Å². The molecule has 1 N–H and O–H groups in total. The molecule has 10 heteroatoms. The third kappa shape index (κ3) is 3.86. The van der Waals surface area contributed by atoms with Gasteiger partial charge in [0.1, 0.15) is 11.8 Å². The van der Waals surface area contributed by atoms with Crippen LogP contribution in [0, 0.1) is 13.8 Å². The van der Waals surface area contributed by atoms with E-state index < -0.39 is 24.2 Å². The van der Waals surface area contributed by atoms with Gasteiger partial charge in [-0.1, -0.05) is 36.4 Å². The molecule has 43 heavy (non-hydrogen) atoms. The lowest BCUT2D eigenvalue weighted by atomic mass is 9.73. The monoisotopic (exact) mass is 586 g/mol. The normalized spacial score (nSPS) is 23.5. The largest absolute Gasteiger partial charge is 0.504 e. The standard InChI is InChI=1S/C33H34N2O8/c1-16-11-19-12-20-33(38)35-21(14-41-13-18-9-7-6-8-10-18)23-24(30(40-5)17(2)31-32(23)43-15-42-31)27(36)26(35)25(34(20)3)22(19)28(37)29(16)39-4/h6-11,20-21,25-26,37H,12-15H2,1-5H3/t20-,21-,25+,26-/m0/s1. The number of Topliss-reactive ketones (excluding diaryl/α,β-unsaturated/α-hetero) is 1. The molecule has 0 radical (unpaired) electrons. The molecule has 3 aromatic carbocycles. The number of likely N-dealkylation sites (N-methyl/N-ethyl adjacent to an activating group) is 1. The molecule has 7 rings (SSSR count). The minimum atomic E-state index is -0.961. The smallest absolute Gasteiger partial charge is 0.241 e. The number of fused-ring (bicyclic) bond motifs is 9. The lowest BCUT2D eigenvalue weighted by Gasteiger charge is -2.56. The second-order valence-corrected chi connectivity index (χ2v) is 11.6. The average Bonchev–Trinajstić information content (AvgIpc) is 3.49. The molecular weight excluding hydrogens is 552 g/mol. The number of aryl methyl sites for hydroxylation is 1. The van der Waals surface area contributed by atoms with Gasteiger partial charge in [-0.05, 0) is 44.0 Å². The van der Waals surface area contributed by atoms with Gasteiger partial charge in [0.2, 0.25) is 12.7 Å². The maximum Gasteiger partial charge on any atom is 0.241 e. The first-order chi connectivity index (χ1) is 20.8. The molecule has 2 bridgehead atoms. The van der Waals surface area contributed by atoms with Crippen molar-refractivity contribution < 1.29 is 38.4 Å². The molecule has 0 spiro atoms. The number of aromatic hydroxyl groups is 1. The number of phenols is 1. The van der Waals surface area contributed by atoms with Crippen molar-refractivity contribution in [3.63, 3.8) is 0 Å². The van der Waals surface area contributed by atoms with Crippen LogP contribution in [0.25, 0.3) is 0 Å². The first-order valence-electron chi connectivity index (χ1n) is 14.4. The third-order valence-corrected chi connectivity index (χ3v) is 9.36. The van der Waals surface area contributed by atoms with Crippen molar-refractivity contribution in [1.29, 1.82) is 0 Å². The van der Waals surface area contributed by atoms with Crippen LogP contribution in [0.2, 0.25) is 0 Å². The Kier molecular flexibility index (Phi) is 6.51. The number of benzene rings is 3. The SMILES string of the molecule is COc1c(C)cc2c(c1O)[C@@H]1[C@H]3C(=O)c4c(OC)c(C)c5c(c4[C@H](COCc4ccccc4)N3C(=O)[C@H](C2)N1C)OCO5. The summed E-state index contributed by atoms with van der Waals surface area (Å²) in [6, 6.07) is 8.93. The molecule has 0 unspecified atom stereocenters. The Bertz CT molecular complexity index is 1660. The van der Waals surface area contributed by atoms with Gasteiger partial charge in [-0.2, -0.15) is 0 Å². The molecule has 4 aliphatic rings. The number of nitrogens with zero attached hydrogens (tertiary/aromatic N) is 2. The lowest BCUT2D eigenvalue weighted by molar-refractivity contribution is -0.156. The number of phenolic OH excluding ortho intramolecular Hbond substituents is 1. The van der Waals surface area contributed by atoms with Crippen molar-refractivity contribution in [2.45, 2.75) is 51.0 Å². The third-order valence-electron chi connectivity index (χ3n) is 9.36. The molecule has 4 aliphatic heterocycles. The predicted octanol–water partition coefficient (Wildman–Crippen LogP) is 4.02. The summed E-state index contributed by atoms with van der Waals surface area (Å²) < 4.78 is 29.5. The maximum atomic E-state index is 14.8. The number of ketones is 1. The molecule has 3 aromatic rings. The fourth-order valence-electron chi connectivity index (χ4n) is 7.51. The Morgan fingerprint density at radius 2 is 1.70 bits per heavy atom. The van der Waals surface area contributed by atoms with Gasteiger partial charge in [0.25, 0.3) is 0 Å². The number of piperazine rings is 1. The molecule has 4 atom stereocenters. The molecule has 224 valence electrons. The maximum absolute atomic E-state index is 14.8. The summed E-state index contributed by atoms with van der Waals surface area (Å²) in [6.07, 6.45) is 0.385. The topological polar surface area (TPSA) is 107 Å². The van der Waals surface area contributed by atoms with Gasteiger partial charge in [0.15, 0.2) is 28.8 Å². The van der Waals surface area contributed by atoms with Crippen LogP contribution in [0.5, 0.6) is 28.7 Å². The Labute approximate surface area is 249 Å². The molecule has 10 nitrogen and oxygen atoms in total. The molecule has 1 fully saturated rings. The van der Waals surface area contributed by atoms with E-state index in [1.165, 1.54) is 14.2 Å². The lowest BCUT2D eigenvalue weighted by Crippen LogP contribution is -2.68. The van der Waals surface area contributed by atoms with E-state index >= 15 is 0 Å². The van der Waals surface area contributed by atoms with E-state index in [0.717, 1.165) is 16.7 Å². The van der Waals surface area contributed by atoms with Crippen molar-refractivity contribution in [1.82, 2.24) is 9.80 Å². The zero-order valence-corrected chi connectivity index (χ0v) is 24.8. The van der Waals surface area contributed by atoms with E-state index in [1.54, 1.807) is 4.90 Å². The zero-order valence-electron chi connectivity index (χ0n) is 24.8. The number of rotatable bonds is 6. The summed E-state index contributed by atoms with van der Waals surface area (Å²) in [5.41, 5.74) is 4.72. The minimum absolute atomic E-state index is 0.00663. The van der Waals surface area contributed by atoms with Crippen LogP contribution in [-0.4, -0.2) is 73.3 Å². The number of amides is 1. The Balaban J connectivity index is 1.43. The van der Waals surface area contributed by atoms with Crippen LogP contribution in [0.15, 0.2) is 36.4 Å². The minimum Gasteiger partial charge on any atom is -0.504 e. The van der Waals surface area contributed by atoms with Gasteiger partial charge in [-0.3, -0.25) is 14.5 Å². The average molecular weight is 587 g/mol. The summed E-state index contributed by atoms with van der Waals surface area (Å²) in [6.45, 7) is 4.12. The van der Waals surface area contributed by atoms with Crippen LogP contribution in [0.3, 0.4) is 0 Å². The highest BCUT2D eigenvalue weighted by molar-refractivity contribution is 6.10. The van der Waals surface area contributed by atoms with E-state index in [1.807, 2.05) is 62.2 Å². The van der Waals surface area contributed by atoms with Crippen molar-refractivity contribution in [3.05, 3.63) is 75.3 Å². The second kappa shape index (κ2) is 10.2. The fourth-order valence-corrected chi connectivity index (χ4v) is 7.51. The Hall–Kier alpha value is -4.28. The predicted molar refractivity (Wildman–Crippen MR) is 155 cm³/mol. The van der Waals surface area contributed by atoms with Crippen molar-refractivity contribution in [2.24, 2.45) is 0 Å². The van der Waals surface area contributed by atoms with Gasteiger partial charge in [-0.15, -0.1) is 0 Å². The number of carbonyl (C=O) groups is 2. The Morgan fingerprint density at radius 1 is 0.977 bits per heavy atom. The van der Waals surface area contributed by atoms with E-state index in [9.17, 15) is 14.7 Å². The second-order valence-electron chi connectivity index (χ2n) is 11.6. The fraction of sp³-hybridized carbons (Fsp3) is 0.394. The quantitative estimate of drug-likeness (QED) is 0.458. The van der Waals surface area contributed by atoms with E-state index in [0.29, 0.717) is 58.3 Å². The molecular formula is C33H34N2O8. The number of ether oxygens (including phenoxy) is 5. The molecule has 1 amide bonds. The first-order valence-corrected chi connectivity index (χ1v) is 14.4. The molecule has 0 saturated carbocycles. The highest BCUT2D eigenvalue weighted by Crippen LogP contribution is 2.57. The number of carbonyl (C=O) groups excluding carboxylic acids is 2. The number of hydrogen-bond donors (Lipinski definition) is 1. The summed E-state index contributed by atoms with van der Waals surface area (Å²) in [5.74, 6) is 1.20. The van der Waals surface area contributed by atoms with Crippen LogP contribution in [-0.2, 0) is 22.6 Å². The molecule has 0 aliphatic carbocycles. The van der Waals surface area contributed by atoms with Crippen LogP contribution >= 0.6 is 0 Å². The van der Waals surface area contributed by atoms with Crippen LogP contribution < -0.4 is 18.9 Å². The zero-order chi connectivity index (χ0) is 30.2. The van der Waals surface area contributed by atoms with Gasteiger partial charge >= 0.3 is 0 Å². The summed E-state index contributed by atoms with van der Waals surface area (Å²) >= 11 is 0. The molecule has 1 saturated heterocycles. The van der Waals surface area contributed by atoms with Gasteiger partial charge < -0.3 is 33.7 Å². The van der Waals surface area contributed by atoms with E-state index in [-0.39, 0.29) is 30.8 Å². The van der Waals surface area contributed by atoms with Gasteiger partial charge in [-0.25, -0.2) is 0 Å². The van der Waals surface area contributed by atoms with Crippen LogP contribution in [0.4, 0.5) is 0 Å².